The van der Waals surface area contributed by atoms with Gasteiger partial charge in [-0.1, -0.05) is 45.4 Å². The largest absolute Gasteiger partial charge is 0.326 e. The molecule has 8 heteroatoms. The molecular formula is C28H43N5O3. The Morgan fingerprint density at radius 2 is 1.64 bits per heavy atom. The highest BCUT2D eigenvalue weighted by Crippen LogP contribution is 2.45. The number of imide groups is 1. The van der Waals surface area contributed by atoms with Gasteiger partial charge >= 0.3 is 6.03 Å². The Morgan fingerprint density at radius 3 is 2.22 bits per heavy atom. The summed E-state index contributed by atoms with van der Waals surface area (Å²) in [4.78, 5) is 44.5. The van der Waals surface area contributed by atoms with Gasteiger partial charge in [-0.3, -0.25) is 19.4 Å². The van der Waals surface area contributed by atoms with Crippen molar-refractivity contribution in [3.05, 3.63) is 29.3 Å². The van der Waals surface area contributed by atoms with Crippen molar-refractivity contribution < 1.29 is 14.4 Å². The van der Waals surface area contributed by atoms with Crippen LogP contribution in [-0.4, -0.2) is 77.5 Å². The second kappa shape index (κ2) is 10.5. The Morgan fingerprint density at radius 1 is 1.06 bits per heavy atom. The van der Waals surface area contributed by atoms with E-state index in [0.717, 1.165) is 62.0 Å². The molecule has 4 rings (SSSR count). The molecule has 4 amide bonds. The van der Waals surface area contributed by atoms with E-state index in [9.17, 15) is 14.4 Å². The molecule has 2 N–H and O–H groups in total. The predicted octanol–water partition coefficient (Wildman–Crippen LogP) is 3.73. The third-order valence-electron chi connectivity index (χ3n) is 9.02. The third-order valence-corrected chi connectivity index (χ3v) is 9.02. The summed E-state index contributed by atoms with van der Waals surface area (Å²) in [6, 6.07) is 5.73. The standard InChI is InChI=1S/C28H43N5O3/c1-6-27(4,5)22-10-12-28(13-11-22)25(35)33(26(36)30-28)19-32-16-14-31(15-17-32)18-23(34)29-24-20(2)8-7-9-21(24)3/h7-9,22H,6,10-19H2,1-5H3,(H,29,34)(H,30,36). The van der Waals surface area contributed by atoms with Crippen molar-refractivity contribution in [2.24, 2.45) is 11.3 Å². The van der Waals surface area contributed by atoms with Crippen molar-refractivity contribution in [3.63, 3.8) is 0 Å². The molecule has 1 spiro atoms. The molecule has 8 nitrogen and oxygen atoms in total. The summed E-state index contributed by atoms with van der Waals surface area (Å²) >= 11 is 0. The molecule has 1 aromatic rings. The monoisotopic (exact) mass is 497 g/mol. The molecule has 0 radical (unpaired) electrons. The summed E-state index contributed by atoms with van der Waals surface area (Å²) in [6.07, 6.45) is 4.53. The highest BCUT2D eigenvalue weighted by Gasteiger charge is 2.53. The first-order valence-corrected chi connectivity index (χ1v) is 13.5. The average molecular weight is 498 g/mol. The maximum atomic E-state index is 13.4. The van der Waals surface area contributed by atoms with Gasteiger partial charge in [0, 0.05) is 31.9 Å². The zero-order valence-electron chi connectivity index (χ0n) is 22.7. The van der Waals surface area contributed by atoms with Crippen molar-refractivity contribution in [2.45, 2.75) is 72.3 Å². The number of carbonyl (C=O) groups excluding carboxylic acids is 3. The number of para-hydroxylation sites is 1. The first-order chi connectivity index (χ1) is 17.0. The third kappa shape index (κ3) is 5.44. The lowest BCUT2D eigenvalue weighted by molar-refractivity contribution is -0.134. The molecule has 1 saturated carbocycles. The van der Waals surface area contributed by atoms with Crippen LogP contribution in [0.3, 0.4) is 0 Å². The van der Waals surface area contributed by atoms with E-state index in [2.05, 4.69) is 41.2 Å². The van der Waals surface area contributed by atoms with Crippen LogP contribution in [0, 0.1) is 25.2 Å². The normalized spacial score (nSPS) is 25.9. The molecule has 1 aromatic carbocycles. The summed E-state index contributed by atoms with van der Waals surface area (Å²) in [5.74, 6) is 0.515. The fourth-order valence-corrected chi connectivity index (χ4v) is 6.01. The minimum absolute atomic E-state index is 0.0151. The molecular weight excluding hydrogens is 454 g/mol. The van der Waals surface area contributed by atoms with E-state index in [0.29, 0.717) is 32.2 Å². The zero-order valence-corrected chi connectivity index (χ0v) is 22.7. The number of hydrogen-bond acceptors (Lipinski definition) is 5. The number of nitrogens with zero attached hydrogens (tertiary/aromatic N) is 3. The summed E-state index contributed by atoms with van der Waals surface area (Å²) in [5.41, 5.74) is 2.55. The molecule has 36 heavy (non-hydrogen) atoms. The van der Waals surface area contributed by atoms with Crippen LogP contribution in [0.2, 0.25) is 0 Å². The number of aryl methyl sites for hydroxylation is 2. The number of rotatable bonds is 7. The van der Waals surface area contributed by atoms with Gasteiger partial charge in [0.15, 0.2) is 0 Å². The van der Waals surface area contributed by atoms with Gasteiger partial charge in [0.2, 0.25) is 5.91 Å². The maximum Gasteiger partial charge on any atom is 0.326 e. The fourth-order valence-electron chi connectivity index (χ4n) is 6.01. The van der Waals surface area contributed by atoms with Gasteiger partial charge in [-0.25, -0.2) is 9.69 Å². The molecule has 3 fully saturated rings. The number of benzene rings is 1. The Balaban J connectivity index is 1.26. The van der Waals surface area contributed by atoms with Gasteiger partial charge in [-0.05, 0) is 62.0 Å². The number of nitrogens with one attached hydrogen (secondary N) is 2. The van der Waals surface area contributed by atoms with Gasteiger partial charge in [-0.15, -0.1) is 0 Å². The number of carbonyl (C=O) groups is 3. The number of piperazine rings is 1. The van der Waals surface area contributed by atoms with Gasteiger partial charge in [0.1, 0.15) is 5.54 Å². The number of urea groups is 1. The Hall–Kier alpha value is -2.45. The summed E-state index contributed by atoms with van der Waals surface area (Å²) in [6.45, 7) is 14.4. The lowest BCUT2D eigenvalue weighted by Crippen LogP contribution is -2.53. The smallest absolute Gasteiger partial charge is 0.324 e. The zero-order chi connectivity index (χ0) is 26.1. The first kappa shape index (κ1) is 26.6. The molecule has 2 aliphatic heterocycles. The SMILES string of the molecule is CCC(C)(C)C1CCC2(CC1)NC(=O)N(CN1CCN(CC(=O)Nc3c(C)cccc3C)CC1)C2=O. The summed E-state index contributed by atoms with van der Waals surface area (Å²) in [5, 5.41) is 6.12. The molecule has 0 atom stereocenters. The average Bonchev–Trinajstić information content (AvgIpc) is 3.07. The Labute approximate surface area is 215 Å². The van der Waals surface area contributed by atoms with Gasteiger partial charge in [0.25, 0.3) is 5.91 Å². The van der Waals surface area contributed by atoms with E-state index in [1.165, 1.54) is 4.90 Å². The van der Waals surface area contributed by atoms with Crippen molar-refractivity contribution in [2.75, 3.05) is 44.7 Å². The molecule has 3 aliphatic rings. The van der Waals surface area contributed by atoms with Gasteiger partial charge < -0.3 is 10.6 Å². The maximum absolute atomic E-state index is 13.4. The Kier molecular flexibility index (Phi) is 7.76. The lowest BCUT2D eigenvalue weighted by Gasteiger charge is -2.42. The summed E-state index contributed by atoms with van der Waals surface area (Å²) in [7, 11) is 0. The van der Waals surface area contributed by atoms with Crippen LogP contribution >= 0.6 is 0 Å². The predicted molar refractivity (Wildman–Crippen MR) is 142 cm³/mol. The van der Waals surface area contributed by atoms with Gasteiger partial charge in [-0.2, -0.15) is 0 Å². The minimum Gasteiger partial charge on any atom is -0.324 e. The van der Waals surface area contributed by atoms with Crippen LogP contribution in [0.1, 0.15) is 64.0 Å². The molecule has 0 aromatic heterocycles. The first-order valence-electron chi connectivity index (χ1n) is 13.5. The van der Waals surface area contributed by atoms with Gasteiger partial charge in [0.05, 0.1) is 13.2 Å². The molecule has 198 valence electrons. The number of anilines is 1. The topological polar surface area (TPSA) is 85.0 Å². The van der Waals surface area contributed by atoms with E-state index < -0.39 is 5.54 Å². The fraction of sp³-hybridized carbons (Fsp3) is 0.679. The van der Waals surface area contributed by atoms with E-state index in [1.54, 1.807) is 0 Å². The minimum atomic E-state index is -0.717. The van der Waals surface area contributed by atoms with Crippen LogP contribution in [0.15, 0.2) is 18.2 Å². The van der Waals surface area contributed by atoms with Crippen LogP contribution in [0.5, 0.6) is 0 Å². The quantitative estimate of drug-likeness (QED) is 0.561. The van der Waals surface area contributed by atoms with Crippen molar-refractivity contribution in [1.29, 1.82) is 0 Å². The highest BCUT2D eigenvalue weighted by atomic mass is 16.2. The van der Waals surface area contributed by atoms with E-state index in [-0.39, 0.29) is 23.3 Å². The van der Waals surface area contributed by atoms with Crippen LogP contribution < -0.4 is 10.6 Å². The molecule has 0 bridgehead atoms. The van der Waals surface area contributed by atoms with Crippen LogP contribution in [-0.2, 0) is 9.59 Å². The van der Waals surface area contributed by atoms with Crippen LogP contribution in [0.25, 0.3) is 0 Å². The van der Waals surface area contributed by atoms with E-state index in [4.69, 9.17) is 0 Å². The number of amides is 4. The van der Waals surface area contributed by atoms with Crippen molar-refractivity contribution in [1.82, 2.24) is 20.0 Å². The van der Waals surface area contributed by atoms with Crippen LogP contribution in [0.4, 0.5) is 10.5 Å². The number of hydrogen-bond donors (Lipinski definition) is 2. The molecule has 2 saturated heterocycles. The molecule has 2 heterocycles. The Bertz CT molecular complexity index is 971. The van der Waals surface area contributed by atoms with E-state index >= 15 is 0 Å². The second-order valence-electron chi connectivity index (χ2n) is 11.7. The van der Waals surface area contributed by atoms with Crippen molar-refractivity contribution in [3.8, 4) is 0 Å². The summed E-state index contributed by atoms with van der Waals surface area (Å²) < 4.78 is 0. The molecule has 1 aliphatic carbocycles. The lowest BCUT2D eigenvalue weighted by atomic mass is 9.65. The second-order valence-corrected chi connectivity index (χ2v) is 11.7. The molecule has 0 unspecified atom stereocenters. The van der Waals surface area contributed by atoms with Crippen molar-refractivity contribution >= 4 is 23.5 Å². The van der Waals surface area contributed by atoms with E-state index in [1.807, 2.05) is 32.0 Å². The highest BCUT2D eigenvalue weighted by molar-refractivity contribution is 6.07.